The molecule has 10 nitrogen and oxygen atoms in total. The van der Waals surface area contributed by atoms with Crippen LogP contribution in [-0.2, 0) is 22.4 Å². The summed E-state index contributed by atoms with van der Waals surface area (Å²) >= 11 is 5.18. The van der Waals surface area contributed by atoms with Crippen LogP contribution in [0.15, 0.2) is 81.2 Å². The van der Waals surface area contributed by atoms with E-state index in [2.05, 4.69) is 22.8 Å². The predicted molar refractivity (Wildman–Crippen MR) is 191 cm³/mol. The Labute approximate surface area is 293 Å². The molecule has 0 bridgehead atoms. The Bertz CT molecular complexity index is 1700. The molecule has 14 heteroatoms. The summed E-state index contributed by atoms with van der Waals surface area (Å²) in [5.41, 5.74) is 1.54. The van der Waals surface area contributed by atoms with Gasteiger partial charge in [0, 0.05) is 22.6 Å². The van der Waals surface area contributed by atoms with Crippen LogP contribution in [0.3, 0.4) is 0 Å². The van der Waals surface area contributed by atoms with Gasteiger partial charge in [0.1, 0.15) is 0 Å². The molecule has 2 saturated heterocycles. The first-order valence-electron chi connectivity index (χ1n) is 14.5. The minimum absolute atomic E-state index is 0.355. The Kier molecular flexibility index (Phi) is 12.4. The smallest absolute Gasteiger partial charge is 0.290 e. The number of imide groups is 2. The summed E-state index contributed by atoms with van der Waals surface area (Å²) in [7, 11) is 3.14. The highest BCUT2D eigenvalue weighted by Crippen LogP contribution is 2.33. The normalized spacial score (nSPS) is 15.6. The number of nitrogens with one attached hydrogen (secondary N) is 2. The van der Waals surface area contributed by atoms with Crippen LogP contribution in [0, 0.1) is 0 Å². The molecule has 4 aromatic rings. The summed E-state index contributed by atoms with van der Waals surface area (Å²) in [4.78, 5) is 48.8. The molecule has 2 aliphatic rings. The Morgan fingerprint density at radius 2 is 1.04 bits per heavy atom. The number of hydrogen-bond donors (Lipinski definition) is 2. The highest BCUT2D eigenvalue weighted by molar-refractivity contribution is 8.18. The van der Waals surface area contributed by atoms with Crippen molar-refractivity contribution < 1.29 is 38.1 Å². The van der Waals surface area contributed by atoms with Gasteiger partial charge in [0.2, 0.25) is 0 Å². The van der Waals surface area contributed by atoms with Crippen LogP contribution in [0.25, 0.3) is 12.2 Å². The van der Waals surface area contributed by atoms with E-state index in [1.165, 1.54) is 9.75 Å². The zero-order chi connectivity index (χ0) is 33.9. The maximum absolute atomic E-state index is 11.6. The van der Waals surface area contributed by atoms with Crippen LogP contribution in [0.5, 0.6) is 23.0 Å². The number of benzene rings is 2. The molecular formula is C34H30N2O8S4. The van der Waals surface area contributed by atoms with Crippen molar-refractivity contribution in [1.82, 2.24) is 10.6 Å². The lowest BCUT2D eigenvalue weighted by Gasteiger charge is -2.11. The van der Waals surface area contributed by atoms with Crippen LogP contribution in [-0.4, -0.2) is 49.7 Å². The molecule has 0 radical (unpaired) electrons. The van der Waals surface area contributed by atoms with Gasteiger partial charge < -0.3 is 18.9 Å². The van der Waals surface area contributed by atoms with E-state index >= 15 is 0 Å². The first-order valence-corrected chi connectivity index (χ1v) is 17.9. The number of amides is 4. The lowest BCUT2D eigenvalue weighted by Crippen LogP contribution is -2.17. The van der Waals surface area contributed by atoms with Crippen LogP contribution in [0.4, 0.5) is 9.59 Å². The van der Waals surface area contributed by atoms with Gasteiger partial charge >= 0.3 is 0 Å². The van der Waals surface area contributed by atoms with Crippen LogP contribution < -0.4 is 29.6 Å². The van der Waals surface area contributed by atoms with E-state index in [9.17, 15) is 19.2 Å². The number of methoxy groups -OCH3 is 2. The van der Waals surface area contributed by atoms with E-state index in [1.54, 1.807) is 73.3 Å². The van der Waals surface area contributed by atoms with Crippen molar-refractivity contribution in [3.63, 3.8) is 0 Å². The molecule has 2 fully saturated rings. The average Bonchev–Trinajstić information content (AvgIpc) is 3.89. The number of rotatable bonds is 12. The van der Waals surface area contributed by atoms with Gasteiger partial charge in [0.25, 0.3) is 22.3 Å². The molecule has 248 valence electrons. The molecule has 0 aliphatic carbocycles. The molecule has 0 unspecified atom stereocenters. The van der Waals surface area contributed by atoms with E-state index < -0.39 is 0 Å². The second-order valence-corrected chi connectivity index (χ2v) is 14.0. The molecular weight excluding hydrogens is 693 g/mol. The molecule has 2 N–H and O–H groups in total. The third kappa shape index (κ3) is 9.76. The van der Waals surface area contributed by atoms with Crippen molar-refractivity contribution in [3.05, 3.63) is 102 Å². The van der Waals surface area contributed by atoms with Gasteiger partial charge in [0.15, 0.2) is 23.0 Å². The summed E-state index contributed by atoms with van der Waals surface area (Å²) < 4.78 is 22.3. The van der Waals surface area contributed by atoms with E-state index in [4.69, 9.17) is 18.9 Å². The Morgan fingerprint density at radius 1 is 0.604 bits per heavy atom. The minimum atomic E-state index is -0.375. The molecule has 2 aromatic heterocycles. The number of carbonyl (C=O) groups is 4. The summed E-state index contributed by atoms with van der Waals surface area (Å²) in [5.74, 6) is 1.72. The fourth-order valence-corrected chi connectivity index (χ4v) is 7.11. The van der Waals surface area contributed by atoms with Crippen molar-refractivity contribution in [2.24, 2.45) is 0 Å². The van der Waals surface area contributed by atoms with Gasteiger partial charge in [-0.05, 0) is 94.0 Å². The Hall–Kier alpha value is -4.50. The summed E-state index contributed by atoms with van der Waals surface area (Å²) in [6, 6.07) is 19.0. The lowest BCUT2D eigenvalue weighted by atomic mass is 10.2. The molecule has 48 heavy (non-hydrogen) atoms. The standard InChI is InChI=1S/2C17H15NO4S2/c2*1-21-14-9-11(10-15-16(19)18-17(20)24-15)4-5-13(14)22-7-6-12-3-2-8-23-12/h2*2-5,8-10H,6-7H2,1H3,(H,18,19,20). The monoisotopic (exact) mass is 722 g/mol. The zero-order valence-electron chi connectivity index (χ0n) is 25.8. The molecule has 0 spiro atoms. The molecule has 4 amide bonds. The second-order valence-electron chi connectivity index (χ2n) is 9.88. The topological polar surface area (TPSA) is 129 Å². The van der Waals surface area contributed by atoms with Crippen molar-refractivity contribution in [1.29, 1.82) is 0 Å². The Morgan fingerprint density at radius 3 is 1.38 bits per heavy atom. The second kappa shape index (κ2) is 17.1. The molecule has 0 saturated carbocycles. The SMILES string of the molecule is COc1cc(C=C2SC(=O)NC2=O)ccc1OCCc1cccs1.COc1cc(C=C2SC(=O)NC2=O)ccc1OCCc1cccs1. The van der Waals surface area contributed by atoms with Crippen LogP contribution in [0.1, 0.15) is 20.9 Å². The third-order valence-electron chi connectivity index (χ3n) is 6.63. The minimum Gasteiger partial charge on any atom is -0.493 e. The summed E-state index contributed by atoms with van der Waals surface area (Å²) in [6.45, 7) is 1.12. The fourth-order valence-electron chi connectivity index (χ4n) is 4.36. The largest absolute Gasteiger partial charge is 0.493 e. The number of thiophene rings is 2. The highest BCUT2D eigenvalue weighted by atomic mass is 32.2. The third-order valence-corrected chi connectivity index (χ3v) is 10.1. The maximum atomic E-state index is 11.6. The molecule has 4 heterocycles. The van der Waals surface area contributed by atoms with Gasteiger partial charge in [-0.25, -0.2) is 0 Å². The fraction of sp³-hybridized carbons (Fsp3) is 0.176. The summed E-state index contributed by atoms with van der Waals surface area (Å²) in [5, 5.41) is 7.83. The van der Waals surface area contributed by atoms with Crippen molar-refractivity contribution >= 4 is 80.6 Å². The quantitative estimate of drug-likeness (QED) is 0.143. The lowest BCUT2D eigenvalue weighted by molar-refractivity contribution is -0.116. The van der Waals surface area contributed by atoms with Gasteiger partial charge in [-0.3, -0.25) is 29.8 Å². The molecule has 0 atom stereocenters. The zero-order valence-corrected chi connectivity index (χ0v) is 29.1. The predicted octanol–water partition coefficient (Wildman–Crippen LogP) is 7.40. The number of hydrogen-bond acceptors (Lipinski definition) is 12. The average molecular weight is 723 g/mol. The summed E-state index contributed by atoms with van der Waals surface area (Å²) in [6.07, 6.45) is 4.99. The van der Waals surface area contributed by atoms with E-state index in [1.807, 2.05) is 35.0 Å². The first-order chi connectivity index (χ1) is 23.3. The van der Waals surface area contributed by atoms with Crippen molar-refractivity contribution in [2.45, 2.75) is 12.8 Å². The maximum Gasteiger partial charge on any atom is 0.290 e. The van der Waals surface area contributed by atoms with Crippen LogP contribution in [0.2, 0.25) is 0 Å². The van der Waals surface area contributed by atoms with Gasteiger partial charge in [-0.2, -0.15) is 0 Å². The molecule has 2 aromatic carbocycles. The van der Waals surface area contributed by atoms with E-state index in [-0.39, 0.29) is 22.3 Å². The Balaban J connectivity index is 0.000000188. The van der Waals surface area contributed by atoms with Crippen molar-refractivity contribution in [2.75, 3.05) is 27.4 Å². The number of carbonyl (C=O) groups excluding carboxylic acids is 4. The number of thioether (sulfide) groups is 2. The van der Waals surface area contributed by atoms with Crippen molar-refractivity contribution in [3.8, 4) is 23.0 Å². The van der Waals surface area contributed by atoms with Gasteiger partial charge in [-0.15, -0.1) is 22.7 Å². The number of ether oxygens (including phenoxy) is 4. The highest BCUT2D eigenvalue weighted by Gasteiger charge is 2.26. The van der Waals surface area contributed by atoms with Gasteiger partial charge in [0.05, 0.1) is 37.2 Å². The van der Waals surface area contributed by atoms with E-state index in [0.29, 0.717) is 46.0 Å². The van der Waals surface area contributed by atoms with Crippen LogP contribution >= 0.6 is 46.2 Å². The van der Waals surface area contributed by atoms with E-state index in [0.717, 1.165) is 47.5 Å². The molecule has 6 rings (SSSR count). The van der Waals surface area contributed by atoms with Gasteiger partial charge in [-0.1, -0.05) is 24.3 Å². The first kappa shape index (κ1) is 34.8. The molecule has 2 aliphatic heterocycles.